The van der Waals surface area contributed by atoms with Crippen LogP contribution in [0.2, 0.25) is 0 Å². The molecule has 1 rings (SSSR count). The lowest BCUT2D eigenvalue weighted by atomic mass is 10.3. The summed E-state index contributed by atoms with van der Waals surface area (Å²) in [4.78, 5) is 11.2. The second kappa shape index (κ2) is 6.05. The van der Waals surface area contributed by atoms with Crippen LogP contribution in [0.1, 0.15) is 24.7 Å². The highest BCUT2D eigenvalue weighted by molar-refractivity contribution is 9.09. The monoisotopic (exact) mass is 271 g/mol. The van der Waals surface area contributed by atoms with E-state index in [1.807, 2.05) is 20.0 Å². The minimum absolute atomic E-state index is 0.960. The third-order valence-electron chi connectivity index (χ3n) is 2.20. The van der Waals surface area contributed by atoms with Crippen molar-refractivity contribution in [3.8, 4) is 0 Å². The Morgan fingerprint density at radius 3 is 2.67 bits per heavy atom. The summed E-state index contributed by atoms with van der Waals surface area (Å²) < 4.78 is 0. The molecule has 0 radical (unpaired) electrons. The van der Waals surface area contributed by atoms with Gasteiger partial charge in [-0.3, -0.25) is 4.98 Å². The maximum atomic E-state index is 4.55. The minimum Gasteiger partial charge on any atom is -0.354 e. The standard InChI is InChI=1S/C11H18BrN3/c1-4-6-15(7-5-12)11-10(3)13-8-9(2)14-11/h8H,4-7H2,1-3H3. The zero-order chi connectivity index (χ0) is 11.3. The molecular formula is C11H18BrN3. The first kappa shape index (κ1) is 12.4. The predicted molar refractivity (Wildman–Crippen MR) is 67.8 cm³/mol. The summed E-state index contributed by atoms with van der Waals surface area (Å²) in [5.41, 5.74) is 1.99. The van der Waals surface area contributed by atoms with E-state index < -0.39 is 0 Å². The zero-order valence-corrected chi connectivity index (χ0v) is 11.2. The number of anilines is 1. The molecule has 15 heavy (non-hydrogen) atoms. The number of halogens is 1. The molecule has 4 heteroatoms. The Bertz CT molecular complexity index is 309. The number of hydrogen-bond acceptors (Lipinski definition) is 3. The van der Waals surface area contributed by atoms with Gasteiger partial charge in [0.05, 0.1) is 11.4 Å². The lowest BCUT2D eigenvalue weighted by Gasteiger charge is -2.23. The van der Waals surface area contributed by atoms with E-state index in [2.05, 4.69) is 37.7 Å². The number of rotatable bonds is 5. The van der Waals surface area contributed by atoms with Gasteiger partial charge in [-0.25, -0.2) is 4.98 Å². The van der Waals surface area contributed by atoms with E-state index in [1.165, 1.54) is 0 Å². The topological polar surface area (TPSA) is 29.0 Å². The largest absolute Gasteiger partial charge is 0.354 e. The van der Waals surface area contributed by atoms with Crippen molar-refractivity contribution < 1.29 is 0 Å². The van der Waals surface area contributed by atoms with Crippen molar-refractivity contribution in [1.82, 2.24) is 9.97 Å². The van der Waals surface area contributed by atoms with Crippen molar-refractivity contribution in [3.63, 3.8) is 0 Å². The van der Waals surface area contributed by atoms with Crippen molar-refractivity contribution in [1.29, 1.82) is 0 Å². The molecule has 0 spiro atoms. The minimum atomic E-state index is 0.960. The third kappa shape index (κ3) is 3.45. The second-order valence-corrected chi connectivity index (χ2v) is 4.39. The molecule has 0 aromatic carbocycles. The molecule has 0 aliphatic rings. The molecule has 1 heterocycles. The quantitative estimate of drug-likeness (QED) is 0.772. The van der Waals surface area contributed by atoms with Gasteiger partial charge < -0.3 is 4.90 Å². The summed E-state index contributed by atoms with van der Waals surface area (Å²) in [6.45, 7) is 8.18. The van der Waals surface area contributed by atoms with E-state index in [1.54, 1.807) is 0 Å². The van der Waals surface area contributed by atoms with Crippen LogP contribution in [0.5, 0.6) is 0 Å². The lowest BCUT2D eigenvalue weighted by molar-refractivity contribution is 0.772. The highest BCUT2D eigenvalue weighted by atomic mass is 79.9. The molecule has 1 aromatic rings. The SMILES string of the molecule is CCCN(CCBr)c1nc(C)cnc1C. The Hall–Kier alpha value is -0.640. The average Bonchev–Trinajstić information content (AvgIpc) is 2.21. The molecule has 0 atom stereocenters. The van der Waals surface area contributed by atoms with Gasteiger partial charge in [0.15, 0.2) is 0 Å². The Morgan fingerprint density at radius 2 is 2.07 bits per heavy atom. The van der Waals surface area contributed by atoms with Gasteiger partial charge in [-0.1, -0.05) is 22.9 Å². The van der Waals surface area contributed by atoms with Gasteiger partial charge in [0.25, 0.3) is 0 Å². The molecule has 0 aliphatic heterocycles. The molecule has 0 N–H and O–H groups in total. The molecule has 0 fully saturated rings. The van der Waals surface area contributed by atoms with Crippen molar-refractivity contribution in [2.75, 3.05) is 23.3 Å². The van der Waals surface area contributed by atoms with Crippen LogP contribution in [0.15, 0.2) is 6.20 Å². The van der Waals surface area contributed by atoms with Gasteiger partial charge >= 0.3 is 0 Å². The molecular weight excluding hydrogens is 254 g/mol. The first-order valence-corrected chi connectivity index (χ1v) is 6.42. The summed E-state index contributed by atoms with van der Waals surface area (Å²) in [7, 11) is 0. The fraction of sp³-hybridized carbons (Fsp3) is 0.636. The van der Waals surface area contributed by atoms with Gasteiger partial charge in [0.2, 0.25) is 0 Å². The lowest BCUT2D eigenvalue weighted by Crippen LogP contribution is -2.28. The van der Waals surface area contributed by atoms with Gasteiger partial charge in [0.1, 0.15) is 5.82 Å². The van der Waals surface area contributed by atoms with E-state index in [4.69, 9.17) is 0 Å². The van der Waals surface area contributed by atoms with E-state index in [9.17, 15) is 0 Å². The number of alkyl halides is 1. The van der Waals surface area contributed by atoms with Crippen molar-refractivity contribution >= 4 is 21.7 Å². The van der Waals surface area contributed by atoms with Crippen molar-refractivity contribution in [3.05, 3.63) is 17.6 Å². The Kier molecular flexibility index (Phi) is 5.02. The number of aryl methyl sites for hydroxylation is 2. The van der Waals surface area contributed by atoms with Gasteiger partial charge in [0, 0.05) is 24.6 Å². The molecule has 0 aliphatic carbocycles. The third-order valence-corrected chi connectivity index (χ3v) is 2.55. The molecule has 3 nitrogen and oxygen atoms in total. The summed E-state index contributed by atoms with van der Waals surface area (Å²) in [5.74, 6) is 1.02. The smallest absolute Gasteiger partial charge is 0.150 e. The summed E-state index contributed by atoms with van der Waals surface area (Å²) in [6.07, 6.45) is 2.94. The average molecular weight is 272 g/mol. The molecule has 0 saturated carbocycles. The fourth-order valence-corrected chi connectivity index (χ4v) is 1.95. The van der Waals surface area contributed by atoms with Crippen LogP contribution in [0, 0.1) is 13.8 Å². The Labute approximate surface area is 100 Å². The van der Waals surface area contributed by atoms with Crippen LogP contribution in [-0.2, 0) is 0 Å². The molecule has 0 saturated heterocycles. The molecule has 0 unspecified atom stereocenters. The molecule has 0 amide bonds. The first-order valence-electron chi connectivity index (χ1n) is 5.30. The summed E-state index contributed by atoms with van der Waals surface area (Å²) in [6, 6.07) is 0. The van der Waals surface area contributed by atoms with Crippen molar-refractivity contribution in [2.24, 2.45) is 0 Å². The predicted octanol–water partition coefficient (Wildman–Crippen LogP) is 2.70. The molecule has 1 aromatic heterocycles. The van der Waals surface area contributed by atoms with Gasteiger partial charge in [-0.2, -0.15) is 0 Å². The Morgan fingerprint density at radius 1 is 1.33 bits per heavy atom. The number of nitrogens with zero attached hydrogens (tertiary/aromatic N) is 3. The van der Waals surface area contributed by atoms with Crippen LogP contribution in [0.25, 0.3) is 0 Å². The molecule has 0 bridgehead atoms. The van der Waals surface area contributed by atoms with Crippen LogP contribution in [0.4, 0.5) is 5.82 Å². The molecule has 84 valence electrons. The number of aromatic nitrogens is 2. The van der Waals surface area contributed by atoms with Crippen molar-refractivity contribution in [2.45, 2.75) is 27.2 Å². The van der Waals surface area contributed by atoms with Crippen LogP contribution >= 0.6 is 15.9 Å². The van der Waals surface area contributed by atoms with Gasteiger partial charge in [-0.15, -0.1) is 0 Å². The van der Waals surface area contributed by atoms with E-state index in [-0.39, 0.29) is 0 Å². The maximum absolute atomic E-state index is 4.55. The highest BCUT2D eigenvalue weighted by Crippen LogP contribution is 2.15. The van der Waals surface area contributed by atoms with E-state index >= 15 is 0 Å². The van der Waals surface area contributed by atoms with Crippen LogP contribution < -0.4 is 4.90 Å². The number of hydrogen-bond donors (Lipinski definition) is 0. The fourth-order valence-electron chi connectivity index (χ4n) is 1.52. The first-order chi connectivity index (χ1) is 7.19. The highest BCUT2D eigenvalue weighted by Gasteiger charge is 2.10. The maximum Gasteiger partial charge on any atom is 0.150 e. The van der Waals surface area contributed by atoms with Gasteiger partial charge in [-0.05, 0) is 20.3 Å². The second-order valence-electron chi connectivity index (χ2n) is 3.60. The van der Waals surface area contributed by atoms with E-state index in [0.29, 0.717) is 0 Å². The Balaban J connectivity index is 2.93. The van der Waals surface area contributed by atoms with E-state index in [0.717, 1.165) is 42.0 Å². The zero-order valence-electron chi connectivity index (χ0n) is 9.63. The normalized spacial score (nSPS) is 10.4. The van der Waals surface area contributed by atoms with Crippen LogP contribution in [0.3, 0.4) is 0 Å². The summed E-state index contributed by atoms with van der Waals surface area (Å²) >= 11 is 3.47. The summed E-state index contributed by atoms with van der Waals surface area (Å²) in [5, 5.41) is 0.960. The van der Waals surface area contributed by atoms with Crippen LogP contribution in [-0.4, -0.2) is 28.4 Å².